The van der Waals surface area contributed by atoms with Crippen LogP contribution in [-0.2, 0) is 6.18 Å². The minimum atomic E-state index is -4.55. The van der Waals surface area contributed by atoms with Crippen molar-refractivity contribution in [3.8, 4) is 6.07 Å². The lowest BCUT2D eigenvalue weighted by Crippen LogP contribution is -2.27. The van der Waals surface area contributed by atoms with Gasteiger partial charge in [-0.25, -0.2) is 9.67 Å². The SMILES string of the molecule is C[C@@H](c1ccc(C(F)(F)F)nc1)n1nc(C#N)c2c(=O)[nH]c([C@@H]3CC[C@H]3c3ccccn3)nc21. The van der Waals surface area contributed by atoms with E-state index in [-0.39, 0.29) is 28.6 Å². The Hall–Kier alpha value is -4.07. The molecule has 1 N–H and O–H groups in total. The van der Waals surface area contributed by atoms with E-state index < -0.39 is 23.5 Å². The highest BCUT2D eigenvalue weighted by Crippen LogP contribution is 2.47. The number of alkyl halides is 3. The van der Waals surface area contributed by atoms with Crippen LogP contribution in [0.3, 0.4) is 0 Å². The predicted octanol–water partition coefficient (Wildman–Crippen LogP) is 4.07. The lowest BCUT2D eigenvalue weighted by atomic mass is 9.71. The highest BCUT2D eigenvalue weighted by molar-refractivity contribution is 5.80. The van der Waals surface area contributed by atoms with E-state index in [9.17, 15) is 23.2 Å². The van der Waals surface area contributed by atoms with Crippen molar-refractivity contribution in [1.82, 2.24) is 29.7 Å². The molecule has 0 saturated heterocycles. The van der Waals surface area contributed by atoms with Crippen LogP contribution in [0.2, 0.25) is 0 Å². The Morgan fingerprint density at radius 3 is 2.56 bits per heavy atom. The van der Waals surface area contributed by atoms with E-state index in [4.69, 9.17) is 0 Å². The van der Waals surface area contributed by atoms with E-state index in [0.29, 0.717) is 11.4 Å². The van der Waals surface area contributed by atoms with E-state index in [1.807, 2.05) is 24.3 Å². The van der Waals surface area contributed by atoms with Gasteiger partial charge in [-0.2, -0.15) is 23.5 Å². The monoisotopic (exact) mass is 465 g/mol. The van der Waals surface area contributed by atoms with Crippen LogP contribution in [0.1, 0.15) is 66.1 Å². The molecule has 0 spiro atoms. The Morgan fingerprint density at radius 1 is 1.18 bits per heavy atom. The fourth-order valence-electron chi connectivity index (χ4n) is 4.32. The maximum Gasteiger partial charge on any atom is 0.433 e. The summed E-state index contributed by atoms with van der Waals surface area (Å²) in [5, 5.41) is 13.8. The molecule has 8 nitrogen and oxygen atoms in total. The number of H-pyrrole nitrogens is 1. The van der Waals surface area contributed by atoms with Gasteiger partial charge in [-0.3, -0.25) is 14.8 Å². The van der Waals surface area contributed by atoms with Crippen LogP contribution >= 0.6 is 0 Å². The molecule has 0 aliphatic heterocycles. The summed E-state index contributed by atoms with van der Waals surface area (Å²) in [6.07, 6.45) is 0.000178. The number of nitriles is 1. The molecule has 4 heterocycles. The molecule has 3 atom stereocenters. The van der Waals surface area contributed by atoms with Gasteiger partial charge in [0.15, 0.2) is 11.3 Å². The normalized spacial score (nSPS) is 18.9. The van der Waals surface area contributed by atoms with Crippen molar-refractivity contribution < 1.29 is 13.2 Å². The maximum absolute atomic E-state index is 12.9. The van der Waals surface area contributed by atoms with Gasteiger partial charge < -0.3 is 4.98 Å². The third-order valence-corrected chi connectivity index (χ3v) is 6.31. The van der Waals surface area contributed by atoms with Crippen molar-refractivity contribution in [2.45, 2.75) is 43.8 Å². The number of rotatable bonds is 4. The topological polar surface area (TPSA) is 113 Å². The molecule has 4 aromatic rings. The first-order valence-corrected chi connectivity index (χ1v) is 10.6. The molecule has 0 bridgehead atoms. The van der Waals surface area contributed by atoms with Crippen molar-refractivity contribution in [3.05, 3.63) is 81.5 Å². The van der Waals surface area contributed by atoms with Gasteiger partial charge in [0.1, 0.15) is 23.0 Å². The smallest absolute Gasteiger partial charge is 0.310 e. The third kappa shape index (κ3) is 3.61. The zero-order valence-corrected chi connectivity index (χ0v) is 17.9. The Bertz CT molecular complexity index is 1450. The minimum Gasteiger partial charge on any atom is -0.310 e. The zero-order valence-electron chi connectivity index (χ0n) is 17.9. The molecule has 172 valence electrons. The predicted molar refractivity (Wildman–Crippen MR) is 115 cm³/mol. The summed E-state index contributed by atoms with van der Waals surface area (Å²) in [6.45, 7) is 1.69. The number of hydrogen-bond donors (Lipinski definition) is 1. The molecule has 4 aromatic heterocycles. The van der Waals surface area contributed by atoms with Gasteiger partial charge in [0.25, 0.3) is 5.56 Å². The van der Waals surface area contributed by atoms with E-state index in [0.717, 1.165) is 30.8 Å². The van der Waals surface area contributed by atoms with E-state index in [1.54, 1.807) is 13.1 Å². The largest absolute Gasteiger partial charge is 0.433 e. The summed E-state index contributed by atoms with van der Waals surface area (Å²) in [5.41, 5.74) is -0.0372. The number of aromatic amines is 1. The van der Waals surface area contributed by atoms with Gasteiger partial charge in [0, 0.05) is 29.9 Å². The summed E-state index contributed by atoms with van der Waals surface area (Å²) in [6, 6.07) is 9.17. The number of aromatic nitrogens is 6. The maximum atomic E-state index is 12.9. The second-order valence-corrected chi connectivity index (χ2v) is 8.25. The molecular formula is C23H18F3N7O. The second-order valence-electron chi connectivity index (χ2n) is 8.25. The van der Waals surface area contributed by atoms with Gasteiger partial charge in [-0.05, 0) is 43.5 Å². The average molecular weight is 465 g/mol. The van der Waals surface area contributed by atoms with Crippen LogP contribution in [0.15, 0.2) is 47.5 Å². The van der Waals surface area contributed by atoms with Crippen LogP contribution in [0.25, 0.3) is 11.0 Å². The Morgan fingerprint density at radius 2 is 1.97 bits per heavy atom. The molecule has 11 heteroatoms. The highest BCUT2D eigenvalue weighted by Gasteiger charge is 2.37. The van der Waals surface area contributed by atoms with Crippen molar-refractivity contribution in [2.24, 2.45) is 0 Å². The van der Waals surface area contributed by atoms with Gasteiger partial charge in [-0.15, -0.1) is 0 Å². The highest BCUT2D eigenvalue weighted by atomic mass is 19.4. The Balaban J connectivity index is 1.57. The standard InChI is InChI=1S/C23H18F3N7O/c1-12(13-5-8-18(29-11-13)23(24,25)26)33-21-19(17(10-27)32-33)22(34)31-20(30-21)15-7-6-14(15)16-4-2-3-9-28-16/h2-5,8-9,11-12,14-15H,6-7H2,1H3,(H,30,31,34)/t12-,14+,15+/m0/s1. The lowest BCUT2D eigenvalue weighted by molar-refractivity contribution is -0.141. The van der Waals surface area contributed by atoms with E-state index in [1.165, 1.54) is 10.7 Å². The molecule has 0 amide bonds. The van der Waals surface area contributed by atoms with Crippen LogP contribution in [0.5, 0.6) is 0 Å². The summed E-state index contributed by atoms with van der Waals surface area (Å²) in [4.78, 5) is 28.3. The molecule has 0 aromatic carbocycles. The molecule has 0 unspecified atom stereocenters. The second kappa shape index (κ2) is 8.06. The van der Waals surface area contributed by atoms with Crippen LogP contribution in [-0.4, -0.2) is 29.7 Å². The Labute approximate surface area is 191 Å². The quantitative estimate of drug-likeness (QED) is 0.486. The van der Waals surface area contributed by atoms with Crippen LogP contribution < -0.4 is 5.56 Å². The zero-order chi connectivity index (χ0) is 24.0. The van der Waals surface area contributed by atoms with Gasteiger partial charge in [0.2, 0.25) is 0 Å². The molecule has 1 aliphatic carbocycles. The van der Waals surface area contributed by atoms with Crippen LogP contribution in [0, 0.1) is 11.3 Å². The number of fused-ring (bicyclic) bond motifs is 1. The van der Waals surface area contributed by atoms with E-state index >= 15 is 0 Å². The van der Waals surface area contributed by atoms with Crippen molar-refractivity contribution in [2.75, 3.05) is 0 Å². The first-order chi connectivity index (χ1) is 16.3. The number of nitrogens with zero attached hydrogens (tertiary/aromatic N) is 6. The van der Waals surface area contributed by atoms with Gasteiger partial charge in [-0.1, -0.05) is 12.1 Å². The summed E-state index contributed by atoms with van der Waals surface area (Å²) >= 11 is 0. The van der Waals surface area contributed by atoms with Gasteiger partial charge >= 0.3 is 6.18 Å². The minimum absolute atomic E-state index is 0.0479. The molecule has 5 rings (SSSR count). The van der Waals surface area contributed by atoms with Crippen molar-refractivity contribution >= 4 is 11.0 Å². The average Bonchev–Trinajstić information content (AvgIpc) is 3.17. The summed E-state index contributed by atoms with van der Waals surface area (Å²) < 4.78 is 40.1. The molecule has 0 radical (unpaired) electrons. The number of halogens is 3. The van der Waals surface area contributed by atoms with Crippen LogP contribution in [0.4, 0.5) is 13.2 Å². The van der Waals surface area contributed by atoms with Crippen molar-refractivity contribution in [3.63, 3.8) is 0 Å². The van der Waals surface area contributed by atoms with Gasteiger partial charge in [0.05, 0.1) is 6.04 Å². The summed E-state index contributed by atoms with van der Waals surface area (Å²) in [5.74, 6) is 0.525. The number of nitrogens with one attached hydrogen (secondary N) is 1. The molecule has 1 aliphatic rings. The molecular weight excluding hydrogens is 447 g/mol. The number of hydrogen-bond acceptors (Lipinski definition) is 6. The number of pyridine rings is 2. The lowest BCUT2D eigenvalue weighted by Gasteiger charge is -2.35. The fraction of sp³-hybridized carbons (Fsp3) is 0.304. The summed E-state index contributed by atoms with van der Waals surface area (Å²) in [7, 11) is 0. The first-order valence-electron chi connectivity index (χ1n) is 10.6. The first kappa shape index (κ1) is 21.8. The van der Waals surface area contributed by atoms with Crippen molar-refractivity contribution in [1.29, 1.82) is 5.26 Å². The Kier molecular flexibility index (Phi) is 5.16. The fourth-order valence-corrected chi connectivity index (χ4v) is 4.32. The molecule has 1 fully saturated rings. The molecule has 34 heavy (non-hydrogen) atoms. The van der Waals surface area contributed by atoms with E-state index in [2.05, 4.69) is 25.0 Å². The molecule has 1 saturated carbocycles. The third-order valence-electron chi connectivity index (χ3n) is 6.31.